The molecule has 1 rings (SSSR count). The van der Waals surface area contributed by atoms with Gasteiger partial charge in [0.1, 0.15) is 0 Å². The molecule has 1 atom stereocenters. The lowest BCUT2D eigenvalue weighted by Crippen LogP contribution is -2.09. The van der Waals surface area contributed by atoms with E-state index in [2.05, 4.69) is 24.9 Å². The number of H-pyrrole nitrogens is 1. The van der Waals surface area contributed by atoms with Gasteiger partial charge in [0.25, 0.3) is 0 Å². The number of hydrogen-bond donors (Lipinski definition) is 1. The molecule has 0 fully saturated rings. The lowest BCUT2D eigenvalue weighted by atomic mass is 9.93. The molecular formula is C10H14N2. The second-order valence-corrected chi connectivity index (χ2v) is 3.38. The van der Waals surface area contributed by atoms with Gasteiger partial charge in [-0.2, -0.15) is 5.26 Å². The molecule has 2 nitrogen and oxygen atoms in total. The highest BCUT2D eigenvalue weighted by atomic mass is 14.7. The van der Waals surface area contributed by atoms with Crippen molar-refractivity contribution in [1.29, 1.82) is 5.26 Å². The molecule has 1 aromatic heterocycles. The van der Waals surface area contributed by atoms with Crippen LogP contribution in [0.5, 0.6) is 0 Å². The molecule has 0 saturated carbocycles. The average molecular weight is 162 g/mol. The van der Waals surface area contributed by atoms with E-state index in [4.69, 9.17) is 5.26 Å². The highest BCUT2D eigenvalue weighted by Gasteiger charge is 2.12. The summed E-state index contributed by atoms with van der Waals surface area (Å²) >= 11 is 0. The molecule has 1 unspecified atom stereocenters. The quantitative estimate of drug-likeness (QED) is 0.728. The van der Waals surface area contributed by atoms with Crippen LogP contribution in [0.25, 0.3) is 0 Å². The Morgan fingerprint density at radius 1 is 1.58 bits per heavy atom. The predicted molar refractivity (Wildman–Crippen MR) is 48.4 cm³/mol. The molecule has 0 aliphatic heterocycles. The van der Waals surface area contributed by atoms with Gasteiger partial charge >= 0.3 is 0 Å². The van der Waals surface area contributed by atoms with Gasteiger partial charge in [0, 0.05) is 18.3 Å². The monoisotopic (exact) mass is 162 g/mol. The van der Waals surface area contributed by atoms with Gasteiger partial charge in [-0.1, -0.05) is 13.8 Å². The van der Waals surface area contributed by atoms with Crippen molar-refractivity contribution in [1.82, 2.24) is 4.98 Å². The molecule has 0 aliphatic carbocycles. The Bertz CT molecular complexity index is 254. The third-order valence-corrected chi connectivity index (χ3v) is 2.07. The summed E-state index contributed by atoms with van der Waals surface area (Å²) in [6, 6.07) is 6.30. The fraction of sp³-hybridized carbons (Fsp3) is 0.500. The van der Waals surface area contributed by atoms with Crippen LogP contribution in [0.15, 0.2) is 18.3 Å². The number of rotatable bonds is 3. The van der Waals surface area contributed by atoms with Gasteiger partial charge in [0.05, 0.1) is 12.0 Å². The summed E-state index contributed by atoms with van der Waals surface area (Å²) in [5, 5.41) is 8.83. The third-order valence-electron chi connectivity index (χ3n) is 2.07. The Morgan fingerprint density at radius 3 is 2.75 bits per heavy atom. The third kappa shape index (κ3) is 2.13. The van der Waals surface area contributed by atoms with E-state index in [0.717, 1.165) is 12.1 Å². The smallest absolute Gasteiger partial charge is 0.0662 e. The van der Waals surface area contributed by atoms with Crippen LogP contribution >= 0.6 is 0 Å². The molecule has 0 saturated heterocycles. The molecule has 0 radical (unpaired) electrons. The van der Waals surface area contributed by atoms with Gasteiger partial charge in [-0.15, -0.1) is 0 Å². The van der Waals surface area contributed by atoms with Gasteiger partial charge in [0.2, 0.25) is 0 Å². The molecule has 0 amide bonds. The van der Waals surface area contributed by atoms with Gasteiger partial charge in [0.15, 0.2) is 0 Å². The van der Waals surface area contributed by atoms with Gasteiger partial charge in [-0.3, -0.25) is 0 Å². The number of nitriles is 1. The van der Waals surface area contributed by atoms with Crippen molar-refractivity contribution in [2.45, 2.75) is 20.3 Å². The topological polar surface area (TPSA) is 39.6 Å². The first-order chi connectivity index (χ1) is 5.74. The minimum atomic E-state index is 0.128. The second kappa shape index (κ2) is 3.96. The van der Waals surface area contributed by atoms with Crippen molar-refractivity contribution in [2.24, 2.45) is 11.8 Å². The molecular weight excluding hydrogens is 148 g/mol. The average Bonchev–Trinajstić information content (AvgIpc) is 2.51. The number of aromatic nitrogens is 1. The Balaban J connectivity index is 2.56. The van der Waals surface area contributed by atoms with E-state index in [1.54, 1.807) is 0 Å². The van der Waals surface area contributed by atoms with Crippen LogP contribution in [0.1, 0.15) is 19.5 Å². The summed E-state index contributed by atoms with van der Waals surface area (Å²) < 4.78 is 0. The largest absolute Gasteiger partial charge is 0.365 e. The lowest BCUT2D eigenvalue weighted by molar-refractivity contribution is 0.470. The Hall–Kier alpha value is -1.23. The van der Waals surface area contributed by atoms with Crippen molar-refractivity contribution in [3.8, 4) is 6.07 Å². The number of aromatic amines is 1. The molecule has 0 aliphatic rings. The fourth-order valence-corrected chi connectivity index (χ4v) is 1.16. The van der Waals surface area contributed by atoms with Crippen LogP contribution in [0, 0.1) is 23.2 Å². The summed E-state index contributed by atoms with van der Waals surface area (Å²) in [5.74, 6) is 0.557. The standard InChI is InChI=1S/C10H14N2/c1-8(2)9(7-11)6-10-4-3-5-12-10/h3-5,8-9,12H,6H2,1-2H3. The SMILES string of the molecule is CC(C)C(C#N)Cc1ccc[nH]1. The van der Waals surface area contributed by atoms with Crippen molar-refractivity contribution in [2.75, 3.05) is 0 Å². The molecule has 0 spiro atoms. The van der Waals surface area contributed by atoms with Crippen LogP contribution in [0.4, 0.5) is 0 Å². The van der Waals surface area contributed by atoms with Crippen molar-refractivity contribution < 1.29 is 0 Å². The molecule has 1 N–H and O–H groups in total. The van der Waals surface area contributed by atoms with Crippen molar-refractivity contribution >= 4 is 0 Å². The molecule has 64 valence electrons. The molecule has 1 aromatic rings. The van der Waals surface area contributed by atoms with Crippen LogP contribution in [0.2, 0.25) is 0 Å². The zero-order valence-corrected chi connectivity index (χ0v) is 7.54. The summed E-state index contributed by atoms with van der Waals surface area (Å²) in [4.78, 5) is 3.11. The summed E-state index contributed by atoms with van der Waals surface area (Å²) in [7, 11) is 0. The van der Waals surface area contributed by atoms with E-state index in [1.807, 2.05) is 18.3 Å². The van der Waals surface area contributed by atoms with Gasteiger partial charge < -0.3 is 4.98 Å². The maximum Gasteiger partial charge on any atom is 0.0662 e. The molecule has 1 heterocycles. The van der Waals surface area contributed by atoms with Gasteiger partial charge in [-0.25, -0.2) is 0 Å². The minimum absolute atomic E-state index is 0.128. The zero-order valence-electron chi connectivity index (χ0n) is 7.54. The van der Waals surface area contributed by atoms with Crippen molar-refractivity contribution in [3.05, 3.63) is 24.0 Å². The highest BCUT2D eigenvalue weighted by Crippen LogP contribution is 2.14. The van der Waals surface area contributed by atoms with E-state index >= 15 is 0 Å². The van der Waals surface area contributed by atoms with Crippen LogP contribution in [-0.4, -0.2) is 4.98 Å². The molecule has 2 heteroatoms. The summed E-state index contributed by atoms with van der Waals surface area (Å²) in [6.07, 6.45) is 2.73. The first-order valence-electron chi connectivity index (χ1n) is 4.26. The second-order valence-electron chi connectivity index (χ2n) is 3.38. The minimum Gasteiger partial charge on any atom is -0.365 e. The van der Waals surface area contributed by atoms with E-state index in [-0.39, 0.29) is 5.92 Å². The Kier molecular flexibility index (Phi) is 2.93. The number of nitrogens with one attached hydrogen (secondary N) is 1. The molecule has 0 bridgehead atoms. The summed E-state index contributed by atoms with van der Waals surface area (Å²) in [5.41, 5.74) is 1.15. The first kappa shape index (κ1) is 8.86. The first-order valence-corrected chi connectivity index (χ1v) is 4.26. The number of nitrogens with zero attached hydrogens (tertiary/aromatic N) is 1. The van der Waals surface area contributed by atoms with E-state index < -0.39 is 0 Å². The predicted octanol–water partition coefficient (Wildman–Crippen LogP) is 2.35. The number of hydrogen-bond acceptors (Lipinski definition) is 1. The lowest BCUT2D eigenvalue weighted by Gasteiger charge is -2.10. The van der Waals surface area contributed by atoms with Crippen molar-refractivity contribution in [3.63, 3.8) is 0 Å². The fourth-order valence-electron chi connectivity index (χ4n) is 1.16. The highest BCUT2D eigenvalue weighted by molar-refractivity contribution is 5.07. The Labute approximate surface area is 73.2 Å². The zero-order chi connectivity index (χ0) is 8.97. The molecule has 0 aromatic carbocycles. The van der Waals surface area contributed by atoms with Gasteiger partial charge in [-0.05, 0) is 18.1 Å². The van der Waals surface area contributed by atoms with Crippen LogP contribution in [-0.2, 0) is 6.42 Å². The normalized spacial score (nSPS) is 12.8. The summed E-state index contributed by atoms with van der Waals surface area (Å²) in [6.45, 7) is 4.16. The van der Waals surface area contributed by atoms with Crippen LogP contribution in [0.3, 0.4) is 0 Å². The van der Waals surface area contributed by atoms with E-state index in [0.29, 0.717) is 5.92 Å². The maximum absolute atomic E-state index is 8.83. The Morgan fingerprint density at radius 2 is 2.33 bits per heavy atom. The molecule has 12 heavy (non-hydrogen) atoms. The maximum atomic E-state index is 8.83. The van der Waals surface area contributed by atoms with E-state index in [1.165, 1.54) is 0 Å². The van der Waals surface area contributed by atoms with Crippen LogP contribution < -0.4 is 0 Å². The van der Waals surface area contributed by atoms with E-state index in [9.17, 15) is 0 Å².